The Kier molecular flexibility index (Phi) is 6.02. The van der Waals surface area contributed by atoms with Crippen LogP contribution >= 0.6 is 0 Å². The predicted octanol–water partition coefficient (Wildman–Crippen LogP) is 3.48. The highest BCUT2D eigenvalue weighted by Crippen LogP contribution is 2.44. The molecule has 160 valence electrons. The summed E-state index contributed by atoms with van der Waals surface area (Å²) in [5.41, 5.74) is 11.6. The Labute approximate surface area is 185 Å². The fourth-order valence-electron chi connectivity index (χ4n) is 4.26. The molecule has 0 heterocycles. The lowest BCUT2D eigenvalue weighted by atomic mass is 9.93. The van der Waals surface area contributed by atoms with E-state index < -0.39 is 23.9 Å². The molecular weight excluding hydrogens is 404 g/mol. The van der Waals surface area contributed by atoms with Crippen molar-refractivity contribution < 1.29 is 19.4 Å². The van der Waals surface area contributed by atoms with Gasteiger partial charge in [-0.1, -0.05) is 60.7 Å². The Bertz CT molecular complexity index is 1150. The number of rotatable bonds is 7. The Morgan fingerprint density at radius 1 is 0.969 bits per heavy atom. The Morgan fingerprint density at radius 3 is 2.06 bits per heavy atom. The van der Waals surface area contributed by atoms with Gasteiger partial charge in [0.1, 0.15) is 6.61 Å². The van der Waals surface area contributed by atoms with Crippen LogP contribution in [0.4, 0.5) is 0 Å². The van der Waals surface area contributed by atoms with E-state index in [2.05, 4.69) is 0 Å². The number of nitrogens with two attached hydrogens (primary N) is 1. The van der Waals surface area contributed by atoms with Gasteiger partial charge in [-0.15, -0.1) is 0 Å². The van der Waals surface area contributed by atoms with Crippen molar-refractivity contribution in [3.63, 3.8) is 0 Å². The van der Waals surface area contributed by atoms with Gasteiger partial charge in [-0.25, -0.2) is 0 Å². The van der Waals surface area contributed by atoms with Crippen LogP contribution in [0.2, 0.25) is 0 Å². The predicted molar refractivity (Wildman–Crippen MR) is 119 cm³/mol. The molecule has 0 aromatic heterocycles. The molecule has 2 atom stereocenters. The van der Waals surface area contributed by atoms with Gasteiger partial charge in [0, 0.05) is 12.0 Å². The Balaban J connectivity index is 1.48. The number of ether oxygens (including phenoxy) is 1. The molecule has 0 radical (unpaired) electrons. The van der Waals surface area contributed by atoms with Crippen molar-refractivity contribution in [1.82, 2.24) is 0 Å². The number of carboxylic acid groups (broad SMARTS) is 1. The lowest BCUT2D eigenvalue weighted by Crippen LogP contribution is -2.43. The van der Waals surface area contributed by atoms with Crippen molar-refractivity contribution in [3.8, 4) is 17.2 Å². The van der Waals surface area contributed by atoms with Crippen LogP contribution in [0.15, 0.2) is 72.8 Å². The van der Waals surface area contributed by atoms with Gasteiger partial charge < -0.3 is 15.6 Å². The molecule has 3 aromatic rings. The maximum Gasteiger partial charge on any atom is 0.321 e. The zero-order valence-corrected chi connectivity index (χ0v) is 17.3. The highest BCUT2D eigenvalue weighted by Gasteiger charge is 2.36. The molecule has 1 unspecified atom stereocenters. The van der Waals surface area contributed by atoms with Crippen LogP contribution in [0.1, 0.15) is 28.2 Å². The first kappa shape index (κ1) is 21.3. The van der Waals surface area contributed by atoms with Crippen LogP contribution < -0.4 is 5.73 Å². The zero-order valence-electron chi connectivity index (χ0n) is 17.3. The van der Waals surface area contributed by atoms with E-state index in [0.29, 0.717) is 5.56 Å². The Morgan fingerprint density at radius 2 is 1.53 bits per heavy atom. The smallest absolute Gasteiger partial charge is 0.321 e. The van der Waals surface area contributed by atoms with E-state index in [0.717, 1.165) is 27.8 Å². The van der Waals surface area contributed by atoms with Crippen molar-refractivity contribution in [2.75, 3.05) is 6.61 Å². The van der Waals surface area contributed by atoms with E-state index in [4.69, 9.17) is 15.7 Å². The van der Waals surface area contributed by atoms with Crippen LogP contribution in [-0.4, -0.2) is 29.7 Å². The summed E-state index contributed by atoms with van der Waals surface area (Å²) in [6.45, 7) is 0.0419. The fraction of sp³-hybridized carbons (Fsp3) is 0.192. The average molecular weight is 426 g/mol. The number of esters is 1. The third-order valence-corrected chi connectivity index (χ3v) is 5.86. The summed E-state index contributed by atoms with van der Waals surface area (Å²) < 4.78 is 5.52. The zero-order chi connectivity index (χ0) is 22.7. The highest BCUT2D eigenvalue weighted by molar-refractivity contribution is 5.95. The van der Waals surface area contributed by atoms with Gasteiger partial charge in [-0.2, -0.15) is 5.26 Å². The first-order valence-corrected chi connectivity index (χ1v) is 10.3. The number of carboxylic acids is 1. The number of fused-ring (bicyclic) bond motifs is 3. The van der Waals surface area contributed by atoms with Crippen molar-refractivity contribution >= 4 is 11.9 Å². The summed E-state index contributed by atoms with van der Waals surface area (Å²) in [7, 11) is 0. The first-order chi connectivity index (χ1) is 15.5. The van der Waals surface area contributed by atoms with Gasteiger partial charge in [-0.05, 0) is 46.4 Å². The van der Waals surface area contributed by atoms with Crippen LogP contribution in [-0.2, 0) is 20.7 Å². The number of benzene rings is 3. The summed E-state index contributed by atoms with van der Waals surface area (Å²) in [5.74, 6) is -3.81. The molecule has 0 amide bonds. The number of aliphatic carboxylic acids is 1. The number of nitrogens with zero attached hydrogens (tertiary/aromatic N) is 1. The molecular formula is C26H22N2O4. The summed E-state index contributed by atoms with van der Waals surface area (Å²) in [6, 6.07) is 23.6. The average Bonchev–Trinajstić information content (AvgIpc) is 3.12. The van der Waals surface area contributed by atoms with Crippen LogP contribution in [0, 0.1) is 17.2 Å². The molecule has 1 aliphatic carbocycles. The van der Waals surface area contributed by atoms with Gasteiger partial charge in [0.25, 0.3) is 0 Å². The standard InChI is InChI=1S/C26H22N2O4/c27-14-17-11-9-16(10-12-17)13-23(28)24(25(29)30)26(31)32-15-22-20-7-3-1-5-18(20)19-6-2-4-8-21(19)22/h1-12,22-24H,13,15,28H2,(H,29,30)/t23?,24-/m0/s1. The number of carbonyl (C=O) groups excluding carboxylic acids is 1. The summed E-state index contributed by atoms with van der Waals surface area (Å²) in [5, 5.41) is 18.6. The minimum absolute atomic E-state index is 0.0419. The second-order valence-electron chi connectivity index (χ2n) is 7.85. The monoisotopic (exact) mass is 426 g/mol. The van der Waals surface area contributed by atoms with E-state index in [1.165, 1.54) is 0 Å². The molecule has 4 rings (SSSR count). The lowest BCUT2D eigenvalue weighted by molar-refractivity contribution is -0.159. The van der Waals surface area contributed by atoms with Crippen molar-refractivity contribution in [1.29, 1.82) is 5.26 Å². The van der Waals surface area contributed by atoms with Crippen molar-refractivity contribution in [2.45, 2.75) is 18.4 Å². The molecule has 6 heteroatoms. The van der Waals surface area contributed by atoms with E-state index in [-0.39, 0.29) is 18.9 Å². The van der Waals surface area contributed by atoms with E-state index in [1.54, 1.807) is 24.3 Å². The molecule has 0 fully saturated rings. The minimum Gasteiger partial charge on any atom is -0.481 e. The topological polar surface area (TPSA) is 113 Å². The second kappa shape index (κ2) is 9.04. The number of hydrogen-bond donors (Lipinski definition) is 2. The summed E-state index contributed by atoms with van der Waals surface area (Å²) in [6.07, 6.45) is 0.173. The molecule has 0 spiro atoms. The number of carbonyl (C=O) groups is 2. The molecule has 32 heavy (non-hydrogen) atoms. The maximum absolute atomic E-state index is 12.8. The molecule has 0 saturated carbocycles. The molecule has 0 aliphatic heterocycles. The fourth-order valence-corrected chi connectivity index (χ4v) is 4.26. The lowest BCUT2D eigenvalue weighted by Gasteiger charge is -2.21. The van der Waals surface area contributed by atoms with Crippen molar-refractivity contribution in [3.05, 3.63) is 95.1 Å². The normalized spacial score (nSPS) is 14.0. The van der Waals surface area contributed by atoms with Crippen LogP contribution in [0.5, 0.6) is 0 Å². The molecule has 1 aliphatic rings. The highest BCUT2D eigenvalue weighted by atomic mass is 16.5. The summed E-state index contributed by atoms with van der Waals surface area (Å²) >= 11 is 0. The maximum atomic E-state index is 12.8. The van der Waals surface area contributed by atoms with Crippen molar-refractivity contribution in [2.24, 2.45) is 11.7 Å². The second-order valence-corrected chi connectivity index (χ2v) is 7.85. The van der Waals surface area contributed by atoms with Crippen LogP contribution in [0.3, 0.4) is 0 Å². The van der Waals surface area contributed by atoms with E-state index in [1.807, 2.05) is 54.6 Å². The summed E-state index contributed by atoms with van der Waals surface area (Å²) in [4.78, 5) is 24.6. The SMILES string of the molecule is N#Cc1ccc(CC(N)[C@@H](C(=O)O)C(=O)OCC2c3ccccc3-c3ccccc32)cc1. The van der Waals surface area contributed by atoms with E-state index in [9.17, 15) is 14.7 Å². The Hall–Kier alpha value is -3.95. The number of hydrogen-bond acceptors (Lipinski definition) is 5. The quantitative estimate of drug-likeness (QED) is 0.442. The number of nitriles is 1. The van der Waals surface area contributed by atoms with Gasteiger partial charge in [0.15, 0.2) is 5.92 Å². The van der Waals surface area contributed by atoms with Gasteiger partial charge in [0.2, 0.25) is 0 Å². The van der Waals surface area contributed by atoms with Crippen LogP contribution in [0.25, 0.3) is 11.1 Å². The third kappa shape index (κ3) is 4.11. The third-order valence-electron chi connectivity index (χ3n) is 5.86. The first-order valence-electron chi connectivity index (χ1n) is 10.3. The van der Waals surface area contributed by atoms with Gasteiger partial charge >= 0.3 is 11.9 Å². The minimum atomic E-state index is -1.49. The molecule has 0 bridgehead atoms. The molecule has 3 N–H and O–H groups in total. The molecule has 6 nitrogen and oxygen atoms in total. The van der Waals surface area contributed by atoms with E-state index >= 15 is 0 Å². The van der Waals surface area contributed by atoms with Gasteiger partial charge in [-0.3, -0.25) is 9.59 Å². The largest absolute Gasteiger partial charge is 0.481 e. The molecule has 0 saturated heterocycles. The van der Waals surface area contributed by atoms with Gasteiger partial charge in [0.05, 0.1) is 11.6 Å². The molecule has 3 aromatic carbocycles.